The Bertz CT molecular complexity index is 310. The molecular weight excluding hydrogens is 192 g/mol. The van der Waals surface area contributed by atoms with Crippen LogP contribution in [0, 0.1) is 5.92 Å². The van der Waals surface area contributed by atoms with Crippen molar-refractivity contribution < 1.29 is 14.3 Å². The zero-order valence-electron chi connectivity index (χ0n) is 8.46. The number of ether oxygens (including phenoxy) is 2. The van der Waals surface area contributed by atoms with E-state index in [9.17, 15) is 4.79 Å². The van der Waals surface area contributed by atoms with Crippen molar-refractivity contribution >= 4 is 6.29 Å². The van der Waals surface area contributed by atoms with E-state index in [0.717, 1.165) is 11.8 Å². The van der Waals surface area contributed by atoms with Crippen molar-refractivity contribution in [2.24, 2.45) is 5.92 Å². The van der Waals surface area contributed by atoms with E-state index in [1.54, 1.807) is 0 Å². The van der Waals surface area contributed by atoms with Gasteiger partial charge in [-0.25, -0.2) is 0 Å². The summed E-state index contributed by atoms with van der Waals surface area (Å²) >= 11 is 0. The average Bonchev–Trinajstić information content (AvgIpc) is 2.76. The van der Waals surface area contributed by atoms with Crippen molar-refractivity contribution in [3.8, 4) is 0 Å². The third-order valence-electron chi connectivity index (χ3n) is 2.46. The molecule has 1 saturated heterocycles. The summed E-state index contributed by atoms with van der Waals surface area (Å²) in [6.45, 7) is 1.03. The third kappa shape index (κ3) is 2.88. The number of benzene rings is 1. The van der Waals surface area contributed by atoms with Crippen LogP contribution in [0.25, 0.3) is 0 Å². The lowest BCUT2D eigenvalue weighted by atomic mass is 10.1. The lowest BCUT2D eigenvalue weighted by Gasteiger charge is -2.10. The molecule has 0 spiro atoms. The molecule has 0 aliphatic carbocycles. The Hall–Kier alpha value is -1.19. The number of rotatable bonds is 4. The minimum Gasteiger partial charge on any atom is -0.352 e. The molecule has 15 heavy (non-hydrogen) atoms. The minimum atomic E-state index is -0.222. The second kappa shape index (κ2) is 5.05. The number of aldehydes is 1. The largest absolute Gasteiger partial charge is 0.352 e. The lowest BCUT2D eigenvalue weighted by Crippen LogP contribution is -2.10. The fraction of sp³-hybridized carbons (Fsp3) is 0.417. The van der Waals surface area contributed by atoms with Gasteiger partial charge in [0.15, 0.2) is 6.29 Å². The van der Waals surface area contributed by atoms with Crippen molar-refractivity contribution in [2.75, 3.05) is 6.61 Å². The molecule has 0 N–H and O–H groups in total. The number of hydrogen-bond donors (Lipinski definition) is 0. The van der Waals surface area contributed by atoms with Crippen LogP contribution in [0.4, 0.5) is 0 Å². The minimum absolute atomic E-state index is 0.00535. The molecule has 0 aromatic heterocycles. The van der Waals surface area contributed by atoms with Gasteiger partial charge in [0, 0.05) is 12.3 Å². The smallest absolute Gasteiger partial charge is 0.158 e. The Kier molecular flexibility index (Phi) is 3.48. The summed E-state index contributed by atoms with van der Waals surface area (Å²) in [5.41, 5.74) is 1.12. The maximum absolute atomic E-state index is 10.5. The van der Waals surface area contributed by atoms with E-state index in [2.05, 4.69) is 0 Å². The van der Waals surface area contributed by atoms with Crippen LogP contribution in [0.3, 0.4) is 0 Å². The highest BCUT2D eigenvalue weighted by Gasteiger charge is 2.25. The molecule has 0 unspecified atom stereocenters. The summed E-state index contributed by atoms with van der Waals surface area (Å²) in [6, 6.07) is 9.93. The van der Waals surface area contributed by atoms with Crippen LogP contribution in [-0.2, 0) is 20.9 Å². The number of hydrogen-bond acceptors (Lipinski definition) is 3. The van der Waals surface area contributed by atoms with E-state index < -0.39 is 0 Å². The molecule has 2 atom stereocenters. The number of carbonyl (C=O) groups excluding carboxylic acids is 1. The Morgan fingerprint density at radius 1 is 1.40 bits per heavy atom. The highest BCUT2D eigenvalue weighted by molar-refractivity contribution is 5.54. The maximum atomic E-state index is 10.5. The average molecular weight is 206 g/mol. The van der Waals surface area contributed by atoms with Gasteiger partial charge in [-0.3, -0.25) is 0 Å². The summed E-state index contributed by atoms with van der Waals surface area (Å²) in [5, 5.41) is 0. The lowest BCUT2D eigenvalue weighted by molar-refractivity contribution is -0.118. The first-order valence-corrected chi connectivity index (χ1v) is 5.11. The zero-order valence-corrected chi connectivity index (χ0v) is 8.46. The first-order valence-electron chi connectivity index (χ1n) is 5.11. The van der Waals surface area contributed by atoms with Gasteiger partial charge in [-0.05, 0) is 5.56 Å². The molecule has 0 bridgehead atoms. The van der Waals surface area contributed by atoms with Gasteiger partial charge in [0.25, 0.3) is 0 Å². The van der Waals surface area contributed by atoms with E-state index >= 15 is 0 Å². The summed E-state index contributed by atoms with van der Waals surface area (Å²) in [6.07, 6.45) is 1.39. The summed E-state index contributed by atoms with van der Waals surface area (Å²) in [4.78, 5) is 10.5. The third-order valence-corrected chi connectivity index (χ3v) is 2.46. The normalized spacial score (nSPS) is 25.3. The molecule has 3 heteroatoms. The van der Waals surface area contributed by atoms with E-state index in [1.165, 1.54) is 0 Å². The highest BCUT2D eigenvalue weighted by Crippen LogP contribution is 2.19. The van der Waals surface area contributed by atoms with E-state index in [4.69, 9.17) is 9.47 Å². The summed E-state index contributed by atoms with van der Waals surface area (Å²) in [7, 11) is 0. The highest BCUT2D eigenvalue weighted by atomic mass is 16.7. The molecule has 80 valence electrons. The SMILES string of the molecule is O=C[C@H]1CO[C@@H](OCc2ccccc2)C1. The molecule has 2 rings (SSSR count). The van der Waals surface area contributed by atoms with E-state index in [-0.39, 0.29) is 12.2 Å². The van der Waals surface area contributed by atoms with Gasteiger partial charge in [0.2, 0.25) is 0 Å². The van der Waals surface area contributed by atoms with Crippen LogP contribution < -0.4 is 0 Å². The van der Waals surface area contributed by atoms with Crippen LogP contribution in [0.5, 0.6) is 0 Å². The van der Waals surface area contributed by atoms with Crippen molar-refractivity contribution in [1.29, 1.82) is 0 Å². The predicted octanol–water partition coefficient (Wildman–Crippen LogP) is 1.76. The van der Waals surface area contributed by atoms with Crippen LogP contribution in [0.15, 0.2) is 30.3 Å². The van der Waals surface area contributed by atoms with Crippen molar-refractivity contribution in [3.05, 3.63) is 35.9 Å². The maximum Gasteiger partial charge on any atom is 0.158 e. The van der Waals surface area contributed by atoms with E-state index in [0.29, 0.717) is 19.6 Å². The zero-order chi connectivity index (χ0) is 10.5. The Labute approximate surface area is 89.0 Å². The van der Waals surface area contributed by atoms with Crippen LogP contribution >= 0.6 is 0 Å². The van der Waals surface area contributed by atoms with Gasteiger partial charge >= 0.3 is 0 Å². The second-order valence-corrected chi connectivity index (χ2v) is 3.69. The molecule has 0 saturated carbocycles. The Morgan fingerprint density at radius 2 is 2.20 bits per heavy atom. The summed E-state index contributed by atoms with van der Waals surface area (Å²) in [5.74, 6) is 0.00535. The Balaban J connectivity index is 1.77. The predicted molar refractivity (Wildman–Crippen MR) is 55.1 cm³/mol. The molecule has 0 radical (unpaired) electrons. The van der Waals surface area contributed by atoms with Crippen molar-refractivity contribution in [1.82, 2.24) is 0 Å². The fourth-order valence-electron chi connectivity index (χ4n) is 1.59. The molecule has 1 aliphatic heterocycles. The van der Waals surface area contributed by atoms with Gasteiger partial charge in [0.05, 0.1) is 13.2 Å². The topological polar surface area (TPSA) is 35.5 Å². The molecule has 1 heterocycles. The monoisotopic (exact) mass is 206 g/mol. The quantitative estimate of drug-likeness (QED) is 0.704. The standard InChI is InChI=1S/C12H14O3/c13-7-11-6-12(15-9-11)14-8-10-4-2-1-3-5-10/h1-5,7,11-12H,6,8-9H2/t11-,12+/m0/s1. The first-order chi connectivity index (χ1) is 7.38. The first kappa shape index (κ1) is 10.3. The van der Waals surface area contributed by atoms with Gasteiger partial charge in [-0.2, -0.15) is 0 Å². The van der Waals surface area contributed by atoms with Crippen molar-refractivity contribution in [3.63, 3.8) is 0 Å². The van der Waals surface area contributed by atoms with Gasteiger partial charge in [-0.1, -0.05) is 30.3 Å². The van der Waals surface area contributed by atoms with Gasteiger partial charge < -0.3 is 14.3 Å². The van der Waals surface area contributed by atoms with Gasteiger partial charge in [-0.15, -0.1) is 0 Å². The molecule has 1 aromatic carbocycles. The molecule has 1 aliphatic rings. The molecule has 3 nitrogen and oxygen atoms in total. The second-order valence-electron chi connectivity index (χ2n) is 3.69. The van der Waals surface area contributed by atoms with Crippen LogP contribution in [0.2, 0.25) is 0 Å². The molecule has 1 fully saturated rings. The Morgan fingerprint density at radius 3 is 2.87 bits per heavy atom. The van der Waals surface area contributed by atoms with Crippen LogP contribution in [-0.4, -0.2) is 19.2 Å². The molecular formula is C12H14O3. The molecule has 1 aromatic rings. The summed E-state index contributed by atoms with van der Waals surface area (Å²) < 4.78 is 10.9. The number of carbonyl (C=O) groups is 1. The fourth-order valence-corrected chi connectivity index (χ4v) is 1.59. The van der Waals surface area contributed by atoms with E-state index in [1.807, 2.05) is 30.3 Å². The van der Waals surface area contributed by atoms with Gasteiger partial charge in [0.1, 0.15) is 6.29 Å². The van der Waals surface area contributed by atoms with Crippen molar-refractivity contribution in [2.45, 2.75) is 19.3 Å². The molecule has 0 amide bonds. The van der Waals surface area contributed by atoms with Crippen LogP contribution in [0.1, 0.15) is 12.0 Å².